The molecule has 20 rings (SSSR count). The smallest absolute Gasteiger partial charge is 0.143 e. The lowest BCUT2D eigenvalue weighted by atomic mass is 9.81. The molecular formula is C92H54O2. The fraction of sp³-hybridized carbons (Fsp3) is 0. The number of furan rings is 2. The highest BCUT2D eigenvalue weighted by Gasteiger charge is 2.26. The molecule has 0 aliphatic carbocycles. The summed E-state index contributed by atoms with van der Waals surface area (Å²) in [4.78, 5) is 0. The Kier molecular flexibility index (Phi) is 11.5. The number of fused-ring (bicyclic) bond motifs is 14. The van der Waals surface area contributed by atoms with Crippen LogP contribution < -0.4 is 0 Å². The summed E-state index contributed by atoms with van der Waals surface area (Å²) in [6, 6.07) is 121. The second-order valence-corrected chi connectivity index (χ2v) is 25.3. The predicted molar refractivity (Wildman–Crippen MR) is 399 cm³/mol. The van der Waals surface area contributed by atoms with E-state index in [1.165, 1.54) is 125 Å². The number of hydrogen-bond donors (Lipinski definition) is 0. The molecule has 0 bridgehead atoms. The maximum Gasteiger partial charge on any atom is 0.143 e. The molecule has 0 atom stereocenters. The molecule has 0 aliphatic rings. The highest BCUT2D eigenvalue weighted by atomic mass is 16.3. The average Bonchev–Trinajstić information content (AvgIpc) is 1.19. The zero-order valence-corrected chi connectivity index (χ0v) is 51.0. The molecular weight excluding hydrogens is 1140 g/mol. The van der Waals surface area contributed by atoms with Crippen LogP contribution in [0.5, 0.6) is 0 Å². The van der Waals surface area contributed by atoms with E-state index in [1.807, 2.05) is 0 Å². The second-order valence-electron chi connectivity index (χ2n) is 25.3. The van der Waals surface area contributed by atoms with Crippen LogP contribution >= 0.6 is 0 Å². The fourth-order valence-electron chi connectivity index (χ4n) is 16.0. The van der Waals surface area contributed by atoms with E-state index in [-0.39, 0.29) is 0 Å². The Hall–Kier alpha value is -12.4. The number of benzene rings is 18. The first-order valence-corrected chi connectivity index (χ1v) is 32.4. The Morgan fingerprint density at radius 3 is 1.18 bits per heavy atom. The van der Waals surface area contributed by atoms with Gasteiger partial charge in [0, 0.05) is 27.1 Å². The molecule has 0 N–H and O–H groups in total. The van der Waals surface area contributed by atoms with Crippen LogP contribution in [0.15, 0.2) is 336 Å². The molecule has 0 saturated heterocycles. The second kappa shape index (κ2) is 20.6. The van der Waals surface area contributed by atoms with Crippen molar-refractivity contribution in [3.05, 3.63) is 328 Å². The number of rotatable bonds is 7. The summed E-state index contributed by atoms with van der Waals surface area (Å²) < 4.78 is 13.9. The summed E-state index contributed by atoms with van der Waals surface area (Å²) in [7, 11) is 0. The molecule has 2 heterocycles. The monoisotopic (exact) mass is 1190 g/mol. The maximum absolute atomic E-state index is 7.32. The first-order chi connectivity index (χ1) is 46.6. The van der Waals surface area contributed by atoms with Crippen LogP contribution in [-0.2, 0) is 0 Å². The van der Waals surface area contributed by atoms with Gasteiger partial charge in [-0.3, -0.25) is 0 Å². The van der Waals surface area contributed by atoms with E-state index in [1.54, 1.807) is 0 Å². The van der Waals surface area contributed by atoms with Crippen molar-refractivity contribution in [2.24, 2.45) is 0 Å². The minimum atomic E-state index is 0.869. The van der Waals surface area contributed by atoms with Crippen molar-refractivity contribution in [3.63, 3.8) is 0 Å². The Bertz CT molecular complexity index is 6480. The predicted octanol–water partition coefficient (Wildman–Crippen LogP) is 26.4. The molecule has 0 radical (unpaired) electrons. The molecule has 434 valence electrons. The van der Waals surface area contributed by atoms with Crippen molar-refractivity contribution in [2.45, 2.75) is 0 Å². The Balaban J connectivity index is 0.741. The highest BCUT2D eigenvalue weighted by Crippen LogP contribution is 2.53. The Morgan fingerprint density at radius 1 is 0.160 bits per heavy atom. The molecule has 0 spiro atoms. The SMILES string of the molecule is c1ccc(-c2ccc3ccccc3c2-c2c3ccccc3c(-c3ccc(-c4ccc5cc(-c6c7ccccc7c(-c7cccc(-c8cccc9oc%10cc%11ccccc%11cc%10c89)c7)c7ccccc67)ccc5c4)c4oc5cc6ccccc6cc5c34)c3ccccc23)cc1. The van der Waals surface area contributed by atoms with Gasteiger partial charge in [0.25, 0.3) is 0 Å². The Morgan fingerprint density at radius 2 is 0.564 bits per heavy atom. The third kappa shape index (κ3) is 7.97. The van der Waals surface area contributed by atoms with Crippen LogP contribution in [0.25, 0.3) is 208 Å². The van der Waals surface area contributed by atoms with E-state index in [0.29, 0.717) is 0 Å². The summed E-state index contributed by atoms with van der Waals surface area (Å²) >= 11 is 0. The van der Waals surface area contributed by atoms with Gasteiger partial charge in [0.15, 0.2) is 0 Å². The van der Waals surface area contributed by atoms with Crippen LogP contribution in [0.4, 0.5) is 0 Å². The van der Waals surface area contributed by atoms with Crippen molar-refractivity contribution in [2.75, 3.05) is 0 Å². The van der Waals surface area contributed by atoms with Crippen LogP contribution in [0.3, 0.4) is 0 Å². The van der Waals surface area contributed by atoms with E-state index < -0.39 is 0 Å². The van der Waals surface area contributed by atoms with Gasteiger partial charge in [0.1, 0.15) is 22.3 Å². The van der Waals surface area contributed by atoms with Crippen molar-refractivity contribution in [1.82, 2.24) is 0 Å². The molecule has 0 unspecified atom stereocenters. The molecule has 0 aliphatic heterocycles. The lowest BCUT2D eigenvalue weighted by molar-refractivity contribution is 0.669. The van der Waals surface area contributed by atoms with E-state index in [2.05, 4.69) is 328 Å². The lowest BCUT2D eigenvalue weighted by Gasteiger charge is -2.21. The van der Waals surface area contributed by atoms with Gasteiger partial charge in [-0.05, 0) is 213 Å². The molecule has 2 nitrogen and oxygen atoms in total. The minimum Gasteiger partial charge on any atom is -0.456 e. The zero-order chi connectivity index (χ0) is 61.5. The van der Waals surface area contributed by atoms with Crippen molar-refractivity contribution in [3.8, 4) is 77.9 Å². The van der Waals surface area contributed by atoms with Gasteiger partial charge in [0.05, 0.1) is 0 Å². The summed E-state index contributed by atoms with van der Waals surface area (Å²) in [5, 5.41) is 23.6. The van der Waals surface area contributed by atoms with Crippen LogP contribution in [0, 0.1) is 0 Å². The topological polar surface area (TPSA) is 26.3 Å². The van der Waals surface area contributed by atoms with E-state index >= 15 is 0 Å². The van der Waals surface area contributed by atoms with Gasteiger partial charge >= 0.3 is 0 Å². The highest BCUT2D eigenvalue weighted by molar-refractivity contribution is 6.30. The standard InChI is InChI=1S/C92H54O2/c1-2-20-55(21-3-1)69-45-44-56-22-8-9-29-67(56)89(69)90-77-36-16-14-34-75(77)87(76-35-15-17-37-78(76)90)79-47-46-70(92-91(79)81-52-58-24-5-7-26-60(58)54-84(81)94-92)64-42-40-62-49-66(43-41-61(62)48-64)86-73-32-12-10-30-71(73)85(72-31-11-13-33-74(72)86)65-28-18-27-63(50-65)68-38-19-39-82-88(68)80-51-57-23-4-6-25-59(57)53-83(80)93-82/h1-54H. The normalized spacial score (nSPS) is 12.0. The summed E-state index contributed by atoms with van der Waals surface area (Å²) in [5.74, 6) is 0. The van der Waals surface area contributed by atoms with E-state index in [4.69, 9.17) is 8.83 Å². The summed E-state index contributed by atoms with van der Waals surface area (Å²) in [6.07, 6.45) is 0. The van der Waals surface area contributed by atoms with Crippen molar-refractivity contribution >= 4 is 130 Å². The molecule has 20 aromatic rings. The Labute approximate surface area is 541 Å². The first-order valence-electron chi connectivity index (χ1n) is 32.4. The van der Waals surface area contributed by atoms with Gasteiger partial charge < -0.3 is 8.83 Å². The van der Waals surface area contributed by atoms with Crippen molar-refractivity contribution in [1.29, 1.82) is 0 Å². The van der Waals surface area contributed by atoms with Crippen molar-refractivity contribution < 1.29 is 8.83 Å². The third-order valence-corrected chi connectivity index (χ3v) is 20.1. The molecule has 0 amide bonds. The van der Waals surface area contributed by atoms with Gasteiger partial charge in [-0.25, -0.2) is 0 Å². The fourth-order valence-corrected chi connectivity index (χ4v) is 16.0. The number of hydrogen-bond acceptors (Lipinski definition) is 2. The lowest BCUT2D eigenvalue weighted by Crippen LogP contribution is -1.94. The maximum atomic E-state index is 7.32. The quantitative estimate of drug-likeness (QED) is 0.149. The van der Waals surface area contributed by atoms with Crippen LogP contribution in [-0.4, -0.2) is 0 Å². The van der Waals surface area contributed by atoms with Crippen LogP contribution in [0.2, 0.25) is 0 Å². The average molecular weight is 1190 g/mol. The van der Waals surface area contributed by atoms with Crippen LogP contribution in [0.1, 0.15) is 0 Å². The molecule has 18 aromatic carbocycles. The largest absolute Gasteiger partial charge is 0.456 e. The molecule has 2 heteroatoms. The summed E-state index contributed by atoms with van der Waals surface area (Å²) in [6.45, 7) is 0. The minimum absolute atomic E-state index is 0.869. The summed E-state index contributed by atoms with van der Waals surface area (Å²) in [5.41, 5.74) is 20.0. The molecule has 2 aromatic heterocycles. The van der Waals surface area contributed by atoms with E-state index in [9.17, 15) is 0 Å². The molecule has 94 heavy (non-hydrogen) atoms. The third-order valence-electron chi connectivity index (χ3n) is 20.1. The first kappa shape index (κ1) is 52.4. The van der Waals surface area contributed by atoms with Gasteiger partial charge in [0.2, 0.25) is 0 Å². The molecule has 0 fully saturated rings. The van der Waals surface area contributed by atoms with Gasteiger partial charge in [-0.2, -0.15) is 0 Å². The van der Waals surface area contributed by atoms with Gasteiger partial charge in [-0.1, -0.05) is 273 Å². The van der Waals surface area contributed by atoms with E-state index in [0.717, 1.165) is 82.5 Å². The zero-order valence-electron chi connectivity index (χ0n) is 51.0. The van der Waals surface area contributed by atoms with Gasteiger partial charge in [-0.15, -0.1) is 0 Å². The molecule has 0 saturated carbocycles.